The van der Waals surface area contributed by atoms with Crippen LogP contribution in [-0.2, 0) is 10.8 Å². The van der Waals surface area contributed by atoms with Crippen LogP contribution in [0, 0.1) is 11.8 Å². The summed E-state index contributed by atoms with van der Waals surface area (Å²) in [6, 6.07) is 3.80. The fourth-order valence-corrected chi connectivity index (χ4v) is 5.41. The van der Waals surface area contributed by atoms with Crippen LogP contribution in [-0.4, -0.2) is 58.4 Å². The standard InChI is InChI=1S/C29H46N2O3/c1-9-29(34,10-2)18-30-22-11-20-15-31(16-21(20)12-22)17-25(32)19-13-23(27(3,4)5)26(33)24(14-19)28(6,7)8/h13-14,20-21,33-34H,9-12,15-18H2,1-8H3. The van der Waals surface area contributed by atoms with Gasteiger partial charge in [-0.1, -0.05) is 55.4 Å². The van der Waals surface area contributed by atoms with Crippen molar-refractivity contribution < 1.29 is 15.0 Å². The Morgan fingerprint density at radius 1 is 0.971 bits per heavy atom. The van der Waals surface area contributed by atoms with Crippen molar-refractivity contribution in [3.8, 4) is 5.75 Å². The van der Waals surface area contributed by atoms with Crippen LogP contribution in [0.3, 0.4) is 0 Å². The summed E-state index contributed by atoms with van der Waals surface area (Å²) in [5.41, 5.74) is 2.44. The van der Waals surface area contributed by atoms with E-state index in [1.165, 1.54) is 5.71 Å². The predicted octanol–water partition coefficient (Wildman–Crippen LogP) is 5.50. The van der Waals surface area contributed by atoms with Crippen molar-refractivity contribution in [3.05, 3.63) is 28.8 Å². The van der Waals surface area contributed by atoms with Gasteiger partial charge < -0.3 is 10.2 Å². The van der Waals surface area contributed by atoms with Crippen LogP contribution in [0.1, 0.15) is 103 Å². The first-order valence-electron chi connectivity index (χ1n) is 13.0. The molecular formula is C29H46N2O3. The number of rotatable bonds is 7. The molecule has 5 nitrogen and oxygen atoms in total. The van der Waals surface area contributed by atoms with Gasteiger partial charge in [-0.15, -0.1) is 0 Å². The van der Waals surface area contributed by atoms with Crippen molar-refractivity contribution in [2.45, 2.75) is 97.5 Å². The summed E-state index contributed by atoms with van der Waals surface area (Å²) in [6.07, 6.45) is 3.43. The molecule has 34 heavy (non-hydrogen) atoms. The van der Waals surface area contributed by atoms with Gasteiger partial charge in [-0.2, -0.15) is 0 Å². The number of benzene rings is 1. The normalized spacial score (nSPS) is 21.7. The Morgan fingerprint density at radius 3 is 1.85 bits per heavy atom. The molecule has 2 N–H and O–H groups in total. The quantitative estimate of drug-likeness (QED) is 0.516. The minimum absolute atomic E-state index is 0.126. The van der Waals surface area contributed by atoms with E-state index >= 15 is 0 Å². The second-order valence-corrected chi connectivity index (χ2v) is 12.8. The number of carbonyl (C=O) groups excluding carboxylic acids is 1. The molecule has 2 aliphatic rings. The van der Waals surface area contributed by atoms with E-state index < -0.39 is 5.60 Å². The highest BCUT2D eigenvalue weighted by atomic mass is 16.3. The molecule has 0 bridgehead atoms. The molecule has 2 unspecified atom stereocenters. The van der Waals surface area contributed by atoms with Gasteiger partial charge in [0.25, 0.3) is 0 Å². The summed E-state index contributed by atoms with van der Waals surface area (Å²) in [4.78, 5) is 20.4. The largest absolute Gasteiger partial charge is 0.507 e. The molecule has 1 aliphatic heterocycles. The van der Waals surface area contributed by atoms with E-state index in [1.54, 1.807) is 0 Å². The highest BCUT2D eigenvalue weighted by molar-refractivity contribution is 5.98. The zero-order valence-electron chi connectivity index (χ0n) is 22.7. The third-order valence-corrected chi connectivity index (χ3v) is 7.98. The Balaban J connectivity index is 1.69. The lowest BCUT2D eigenvalue weighted by Crippen LogP contribution is -2.31. The monoisotopic (exact) mass is 470 g/mol. The molecule has 0 spiro atoms. The lowest BCUT2D eigenvalue weighted by molar-refractivity contribution is 0.0418. The minimum Gasteiger partial charge on any atom is -0.507 e. The number of aromatic hydroxyl groups is 1. The molecule has 0 amide bonds. The summed E-state index contributed by atoms with van der Waals surface area (Å²) in [5.74, 6) is 1.55. The molecule has 190 valence electrons. The number of phenols is 1. The first-order chi connectivity index (χ1) is 15.7. The van der Waals surface area contributed by atoms with Crippen molar-refractivity contribution in [2.24, 2.45) is 16.8 Å². The van der Waals surface area contributed by atoms with E-state index in [4.69, 9.17) is 4.99 Å². The Hall–Kier alpha value is -1.72. The van der Waals surface area contributed by atoms with Gasteiger partial charge in [0, 0.05) is 35.5 Å². The van der Waals surface area contributed by atoms with Gasteiger partial charge in [-0.25, -0.2) is 0 Å². The number of hydrogen-bond donors (Lipinski definition) is 2. The van der Waals surface area contributed by atoms with Gasteiger partial charge in [-0.3, -0.25) is 14.7 Å². The highest BCUT2D eigenvalue weighted by Crippen LogP contribution is 2.40. The van der Waals surface area contributed by atoms with Crippen molar-refractivity contribution in [1.29, 1.82) is 0 Å². The first-order valence-corrected chi connectivity index (χ1v) is 13.0. The number of aliphatic imine (C=N–C) groups is 1. The molecule has 1 aromatic carbocycles. The summed E-state index contributed by atoms with van der Waals surface area (Å²) in [7, 11) is 0. The molecule has 2 fully saturated rings. The summed E-state index contributed by atoms with van der Waals surface area (Å²) in [5, 5.41) is 21.5. The molecule has 2 atom stereocenters. The van der Waals surface area contributed by atoms with Crippen molar-refractivity contribution in [1.82, 2.24) is 4.90 Å². The summed E-state index contributed by atoms with van der Waals surface area (Å²) < 4.78 is 0. The number of Topliss-reactive ketones (excluding diaryl/α,β-unsaturated/α-hetero) is 1. The number of carbonyl (C=O) groups is 1. The fraction of sp³-hybridized carbons (Fsp3) is 0.724. The molecule has 3 rings (SSSR count). The minimum atomic E-state index is -0.676. The zero-order chi connectivity index (χ0) is 25.5. The molecular weight excluding hydrogens is 424 g/mol. The zero-order valence-corrected chi connectivity index (χ0v) is 22.7. The number of hydrogen-bond acceptors (Lipinski definition) is 5. The van der Waals surface area contributed by atoms with Gasteiger partial charge in [-0.05, 0) is 60.5 Å². The lowest BCUT2D eigenvalue weighted by Gasteiger charge is -2.28. The molecule has 1 heterocycles. The van der Waals surface area contributed by atoms with Gasteiger partial charge >= 0.3 is 0 Å². The van der Waals surface area contributed by atoms with Crippen LogP contribution >= 0.6 is 0 Å². The maximum atomic E-state index is 13.4. The van der Waals surface area contributed by atoms with Crippen LogP contribution in [0.2, 0.25) is 0 Å². The number of nitrogens with zero attached hydrogens (tertiary/aromatic N) is 2. The van der Waals surface area contributed by atoms with Crippen LogP contribution < -0.4 is 0 Å². The average molecular weight is 471 g/mol. The smallest absolute Gasteiger partial charge is 0.176 e. The SMILES string of the molecule is CCC(O)(CC)CN=C1CC2CN(CC(=O)c3cc(C(C)(C)C)c(O)c(C(C)(C)C)c3)CC2C1. The van der Waals surface area contributed by atoms with Gasteiger partial charge in [0.15, 0.2) is 5.78 Å². The maximum Gasteiger partial charge on any atom is 0.176 e. The molecule has 5 heteroatoms. The third-order valence-electron chi connectivity index (χ3n) is 7.98. The Bertz CT molecular complexity index is 881. The number of ketones is 1. The van der Waals surface area contributed by atoms with Gasteiger partial charge in [0.05, 0.1) is 18.7 Å². The van der Waals surface area contributed by atoms with E-state index in [9.17, 15) is 15.0 Å². The molecule has 1 aromatic rings. The van der Waals surface area contributed by atoms with Crippen LogP contribution in [0.15, 0.2) is 17.1 Å². The van der Waals surface area contributed by atoms with E-state index in [-0.39, 0.29) is 16.6 Å². The molecule has 0 radical (unpaired) electrons. The fourth-order valence-electron chi connectivity index (χ4n) is 5.41. The maximum absolute atomic E-state index is 13.4. The Kier molecular flexibility index (Phi) is 7.69. The van der Waals surface area contributed by atoms with Crippen molar-refractivity contribution >= 4 is 11.5 Å². The van der Waals surface area contributed by atoms with Gasteiger partial charge in [0.1, 0.15) is 5.75 Å². The second-order valence-electron chi connectivity index (χ2n) is 12.8. The number of aliphatic hydroxyl groups is 1. The van der Waals surface area contributed by atoms with Crippen LogP contribution in [0.4, 0.5) is 0 Å². The Labute approximate surface area is 206 Å². The highest BCUT2D eigenvalue weighted by Gasteiger charge is 2.40. The average Bonchev–Trinajstić information content (AvgIpc) is 3.28. The van der Waals surface area contributed by atoms with Gasteiger partial charge in [0.2, 0.25) is 0 Å². The second kappa shape index (κ2) is 9.73. The van der Waals surface area contributed by atoms with Crippen molar-refractivity contribution in [3.63, 3.8) is 0 Å². The van der Waals surface area contributed by atoms with E-state index in [0.717, 1.165) is 49.9 Å². The molecule has 1 saturated carbocycles. The first kappa shape index (κ1) is 26.9. The number of phenolic OH excluding ortho intramolecular Hbond substituents is 1. The summed E-state index contributed by atoms with van der Waals surface area (Å²) >= 11 is 0. The molecule has 0 aromatic heterocycles. The van der Waals surface area contributed by atoms with E-state index in [0.29, 0.717) is 36.2 Å². The van der Waals surface area contributed by atoms with E-state index in [1.807, 2.05) is 26.0 Å². The molecule has 1 aliphatic carbocycles. The summed E-state index contributed by atoms with van der Waals surface area (Å²) in [6.45, 7) is 19.3. The van der Waals surface area contributed by atoms with Crippen LogP contribution in [0.5, 0.6) is 5.75 Å². The predicted molar refractivity (Wildman–Crippen MR) is 140 cm³/mol. The van der Waals surface area contributed by atoms with E-state index in [2.05, 4.69) is 46.4 Å². The van der Waals surface area contributed by atoms with Crippen LogP contribution in [0.25, 0.3) is 0 Å². The van der Waals surface area contributed by atoms with Crippen molar-refractivity contribution in [2.75, 3.05) is 26.2 Å². The molecule has 1 saturated heterocycles. The topological polar surface area (TPSA) is 73.1 Å². The Morgan fingerprint density at radius 2 is 1.44 bits per heavy atom. The number of likely N-dealkylation sites (tertiary alicyclic amines) is 1. The number of fused-ring (bicyclic) bond motifs is 1. The lowest BCUT2D eigenvalue weighted by atomic mass is 9.78. The third kappa shape index (κ3) is 5.91.